The Labute approximate surface area is 221 Å². The Hall–Kier alpha value is -3.17. The monoisotopic (exact) mass is 534 g/mol. The first-order valence-electron chi connectivity index (χ1n) is 12.3. The first-order chi connectivity index (χ1) is 17.7. The molecule has 1 aromatic heterocycles. The number of sulfone groups is 1. The van der Waals surface area contributed by atoms with Crippen LogP contribution in [-0.2, 0) is 21.1 Å². The Bertz CT molecular complexity index is 1570. The molecular formula is C28H30N4O3S2. The lowest BCUT2D eigenvalue weighted by molar-refractivity contribution is -0.128. The number of thioether (sulfide) groups is 1. The fraction of sp³-hybridized carbons (Fsp3) is 0.321. The summed E-state index contributed by atoms with van der Waals surface area (Å²) in [7, 11) is -1.37. The first kappa shape index (κ1) is 25.5. The molecule has 5 rings (SSSR count). The molecule has 37 heavy (non-hydrogen) atoms. The van der Waals surface area contributed by atoms with E-state index in [9.17, 15) is 13.2 Å². The van der Waals surface area contributed by atoms with Crippen molar-refractivity contribution in [2.75, 3.05) is 24.3 Å². The summed E-state index contributed by atoms with van der Waals surface area (Å²) in [6, 6.07) is 20.6. The Balaban J connectivity index is 1.45. The molecule has 1 aliphatic rings. The van der Waals surface area contributed by atoms with Gasteiger partial charge in [-0.3, -0.25) is 9.36 Å². The van der Waals surface area contributed by atoms with Crippen LogP contribution in [0.3, 0.4) is 0 Å². The summed E-state index contributed by atoms with van der Waals surface area (Å²) in [4.78, 5) is 14.5. The maximum absolute atomic E-state index is 13.0. The van der Waals surface area contributed by atoms with Crippen LogP contribution in [-0.4, -0.2) is 64.3 Å². The summed E-state index contributed by atoms with van der Waals surface area (Å²) in [5.41, 5.74) is 4.41. The lowest BCUT2D eigenvalue weighted by atomic mass is 10.0. The summed E-state index contributed by atoms with van der Waals surface area (Å²) in [6.45, 7) is 4.13. The number of carbonyl (C=O) groups is 1. The van der Waals surface area contributed by atoms with Crippen LogP contribution in [0.15, 0.2) is 65.8 Å². The number of nitrogens with zero attached hydrogens (tertiary/aromatic N) is 4. The minimum atomic E-state index is -3.06. The van der Waals surface area contributed by atoms with Crippen molar-refractivity contribution in [3.8, 4) is 5.69 Å². The highest BCUT2D eigenvalue weighted by molar-refractivity contribution is 7.99. The summed E-state index contributed by atoms with van der Waals surface area (Å²) in [6.07, 6.45) is 1.08. The summed E-state index contributed by atoms with van der Waals surface area (Å²) in [5, 5.41) is 12.1. The van der Waals surface area contributed by atoms with E-state index in [1.54, 1.807) is 11.9 Å². The molecule has 1 aliphatic heterocycles. The number of rotatable bonds is 7. The molecule has 0 radical (unpaired) electrons. The summed E-state index contributed by atoms with van der Waals surface area (Å²) < 4.78 is 25.8. The van der Waals surface area contributed by atoms with E-state index in [2.05, 4.69) is 77.1 Å². The van der Waals surface area contributed by atoms with Crippen LogP contribution in [0.5, 0.6) is 0 Å². The lowest BCUT2D eigenvalue weighted by Crippen LogP contribution is -2.38. The average Bonchev–Trinajstić information content (AvgIpc) is 3.44. The molecule has 3 aromatic carbocycles. The minimum absolute atomic E-state index is 0.0355. The molecule has 0 N–H and O–H groups in total. The van der Waals surface area contributed by atoms with Crippen molar-refractivity contribution in [1.29, 1.82) is 0 Å². The molecule has 7 nitrogen and oxygen atoms in total. The van der Waals surface area contributed by atoms with E-state index >= 15 is 0 Å². The van der Waals surface area contributed by atoms with E-state index in [4.69, 9.17) is 0 Å². The fourth-order valence-electron chi connectivity index (χ4n) is 4.94. The normalized spacial score (nSPS) is 16.8. The van der Waals surface area contributed by atoms with Gasteiger partial charge in [0.05, 0.1) is 22.9 Å². The largest absolute Gasteiger partial charge is 0.341 e. The number of fused-ring (bicyclic) bond motifs is 1. The maximum Gasteiger partial charge on any atom is 0.233 e. The van der Waals surface area contributed by atoms with Crippen LogP contribution in [0, 0.1) is 13.8 Å². The van der Waals surface area contributed by atoms with Gasteiger partial charge in [0.1, 0.15) is 5.82 Å². The smallest absolute Gasteiger partial charge is 0.233 e. The second-order valence-electron chi connectivity index (χ2n) is 9.69. The third kappa shape index (κ3) is 5.43. The van der Waals surface area contributed by atoms with Gasteiger partial charge < -0.3 is 4.90 Å². The summed E-state index contributed by atoms with van der Waals surface area (Å²) >= 11 is 1.33. The van der Waals surface area contributed by atoms with Gasteiger partial charge in [0.2, 0.25) is 5.91 Å². The fourth-order valence-corrected chi connectivity index (χ4v) is 7.60. The highest BCUT2D eigenvalue weighted by Gasteiger charge is 2.32. The molecule has 1 atom stereocenters. The molecule has 192 valence electrons. The first-order valence-corrected chi connectivity index (χ1v) is 15.1. The Morgan fingerprint density at radius 1 is 1.08 bits per heavy atom. The molecule has 0 bridgehead atoms. The molecular weight excluding hydrogens is 504 g/mol. The maximum atomic E-state index is 13.0. The van der Waals surface area contributed by atoms with Crippen molar-refractivity contribution >= 4 is 38.3 Å². The average molecular weight is 535 g/mol. The van der Waals surface area contributed by atoms with Crippen molar-refractivity contribution in [3.05, 3.63) is 83.2 Å². The van der Waals surface area contributed by atoms with Crippen molar-refractivity contribution in [2.45, 2.75) is 37.9 Å². The van der Waals surface area contributed by atoms with Gasteiger partial charge in [-0.25, -0.2) is 8.42 Å². The third-order valence-electron chi connectivity index (χ3n) is 7.00. The predicted molar refractivity (Wildman–Crippen MR) is 148 cm³/mol. The van der Waals surface area contributed by atoms with E-state index in [-0.39, 0.29) is 29.2 Å². The van der Waals surface area contributed by atoms with Gasteiger partial charge in [-0.1, -0.05) is 71.9 Å². The van der Waals surface area contributed by atoms with E-state index in [1.807, 2.05) is 12.1 Å². The number of benzene rings is 3. The molecule has 0 spiro atoms. The zero-order valence-corrected chi connectivity index (χ0v) is 22.8. The number of aromatic nitrogens is 3. The Morgan fingerprint density at radius 2 is 1.86 bits per heavy atom. The van der Waals surface area contributed by atoms with E-state index < -0.39 is 9.84 Å². The van der Waals surface area contributed by atoms with Crippen LogP contribution in [0.4, 0.5) is 0 Å². The van der Waals surface area contributed by atoms with Crippen molar-refractivity contribution in [1.82, 2.24) is 19.7 Å². The van der Waals surface area contributed by atoms with Gasteiger partial charge in [-0.05, 0) is 48.2 Å². The van der Waals surface area contributed by atoms with Crippen LogP contribution in [0.1, 0.15) is 28.9 Å². The number of hydrogen-bond donors (Lipinski definition) is 0. The van der Waals surface area contributed by atoms with Crippen LogP contribution in [0.2, 0.25) is 0 Å². The SMILES string of the molecule is Cc1ccc(-n2c(Cc3cccc4ccccc34)nnc2SCC(=O)N(C)[C@H]2CCS(=O)(=O)C2)c(C)c1. The van der Waals surface area contributed by atoms with Crippen molar-refractivity contribution in [2.24, 2.45) is 0 Å². The summed E-state index contributed by atoms with van der Waals surface area (Å²) in [5.74, 6) is 1.02. The quantitative estimate of drug-likeness (QED) is 0.328. The van der Waals surface area contributed by atoms with Gasteiger partial charge in [-0.2, -0.15) is 0 Å². The zero-order valence-electron chi connectivity index (χ0n) is 21.2. The second-order valence-corrected chi connectivity index (χ2v) is 12.9. The Kier molecular flexibility index (Phi) is 7.09. The van der Waals surface area contributed by atoms with E-state index in [1.165, 1.54) is 28.1 Å². The van der Waals surface area contributed by atoms with Gasteiger partial charge in [0.15, 0.2) is 15.0 Å². The van der Waals surface area contributed by atoms with E-state index in [0.717, 1.165) is 22.6 Å². The topological polar surface area (TPSA) is 85.2 Å². The molecule has 0 aliphatic carbocycles. The molecule has 9 heteroatoms. The van der Waals surface area contributed by atoms with Crippen LogP contribution < -0.4 is 0 Å². The van der Waals surface area contributed by atoms with Crippen LogP contribution in [0.25, 0.3) is 16.5 Å². The van der Waals surface area contributed by atoms with Crippen molar-refractivity contribution < 1.29 is 13.2 Å². The van der Waals surface area contributed by atoms with Gasteiger partial charge >= 0.3 is 0 Å². The second kappa shape index (κ2) is 10.3. The number of amides is 1. The number of aryl methyl sites for hydroxylation is 2. The molecule has 0 saturated carbocycles. The molecule has 4 aromatic rings. The highest BCUT2D eigenvalue weighted by Crippen LogP contribution is 2.28. The van der Waals surface area contributed by atoms with Crippen molar-refractivity contribution in [3.63, 3.8) is 0 Å². The van der Waals surface area contributed by atoms with Gasteiger partial charge in [0.25, 0.3) is 0 Å². The highest BCUT2D eigenvalue weighted by atomic mass is 32.2. The third-order valence-corrected chi connectivity index (χ3v) is 9.66. The molecule has 1 amide bonds. The minimum Gasteiger partial charge on any atom is -0.341 e. The van der Waals surface area contributed by atoms with Crippen LogP contribution >= 0.6 is 11.8 Å². The predicted octanol–water partition coefficient (Wildman–Crippen LogP) is 4.37. The number of hydrogen-bond acceptors (Lipinski definition) is 6. The molecule has 1 saturated heterocycles. The molecule has 2 heterocycles. The van der Waals surface area contributed by atoms with E-state index in [0.29, 0.717) is 18.0 Å². The molecule has 1 fully saturated rings. The number of carbonyl (C=O) groups excluding carboxylic acids is 1. The van der Waals surface area contributed by atoms with Gasteiger partial charge in [0, 0.05) is 19.5 Å². The molecule has 0 unspecified atom stereocenters. The lowest BCUT2D eigenvalue weighted by Gasteiger charge is -2.23. The standard InChI is InChI=1S/C28H30N4O3S2/c1-19-11-12-25(20(2)15-19)32-26(16-22-9-6-8-21-7-4-5-10-24(21)22)29-30-28(32)36-17-27(33)31(3)23-13-14-37(34,35)18-23/h4-12,15,23H,13-14,16-18H2,1-3H3/t23-/m0/s1. The zero-order chi connectivity index (χ0) is 26.2. The van der Waals surface area contributed by atoms with Gasteiger partial charge in [-0.15, -0.1) is 10.2 Å². The Morgan fingerprint density at radius 3 is 2.62 bits per heavy atom.